The minimum Gasteiger partial charge on any atom is -0.120 e. The van der Waals surface area contributed by atoms with Gasteiger partial charge in [-0.15, -0.1) is 11.6 Å². The Kier molecular flexibility index (Phi) is 3.39. The van der Waals surface area contributed by atoms with E-state index in [1.54, 1.807) is 0 Å². The van der Waals surface area contributed by atoms with Crippen molar-refractivity contribution in [3.05, 3.63) is 24.3 Å². The topological polar surface area (TPSA) is 0 Å². The minimum absolute atomic E-state index is 0.0562. The summed E-state index contributed by atoms with van der Waals surface area (Å²) in [5.41, 5.74) is 0. The van der Waals surface area contributed by atoms with Gasteiger partial charge in [-0.05, 0) is 39.0 Å². The number of hydrogen-bond donors (Lipinski definition) is 0. The molecular weight excluding hydrogens is 168 g/mol. The lowest BCUT2D eigenvalue weighted by Gasteiger charge is -2.20. The SMILES string of the molecule is CC(C)(Cl)CC1C=CC=CCC1. The second-order valence-corrected chi connectivity index (χ2v) is 5.10. The van der Waals surface area contributed by atoms with Crippen LogP contribution < -0.4 is 0 Å². The van der Waals surface area contributed by atoms with Crippen molar-refractivity contribution < 1.29 is 0 Å². The van der Waals surface area contributed by atoms with Gasteiger partial charge in [-0.2, -0.15) is 0 Å². The van der Waals surface area contributed by atoms with E-state index < -0.39 is 0 Å². The van der Waals surface area contributed by atoms with Crippen molar-refractivity contribution in [3.8, 4) is 0 Å². The molecule has 1 rings (SSSR count). The van der Waals surface area contributed by atoms with Gasteiger partial charge in [0.2, 0.25) is 0 Å². The fraction of sp³-hybridized carbons (Fsp3) is 0.636. The summed E-state index contributed by atoms with van der Waals surface area (Å²) in [5.74, 6) is 0.660. The molecule has 0 aliphatic heterocycles. The maximum atomic E-state index is 6.17. The number of halogens is 1. The van der Waals surface area contributed by atoms with Crippen LogP contribution in [0.2, 0.25) is 0 Å². The van der Waals surface area contributed by atoms with Gasteiger partial charge in [0.05, 0.1) is 0 Å². The standard InChI is InChI=1S/C11H17Cl/c1-11(2,12)9-10-7-5-3-4-6-8-10/h3-5,7,10H,6,8-9H2,1-2H3. The zero-order chi connectivity index (χ0) is 9.03. The van der Waals surface area contributed by atoms with Crippen LogP contribution in [0.5, 0.6) is 0 Å². The molecule has 1 aliphatic carbocycles. The van der Waals surface area contributed by atoms with Crippen molar-refractivity contribution in [2.24, 2.45) is 5.92 Å². The number of rotatable bonds is 2. The first-order valence-electron chi connectivity index (χ1n) is 4.60. The Morgan fingerprint density at radius 3 is 2.83 bits per heavy atom. The minimum atomic E-state index is -0.0562. The third-order valence-corrected chi connectivity index (χ3v) is 2.24. The Labute approximate surface area is 80.3 Å². The molecule has 0 aromatic rings. The van der Waals surface area contributed by atoms with Gasteiger partial charge in [-0.1, -0.05) is 24.3 Å². The molecule has 1 aliphatic rings. The van der Waals surface area contributed by atoms with E-state index in [4.69, 9.17) is 11.6 Å². The molecule has 0 saturated carbocycles. The predicted molar refractivity (Wildman–Crippen MR) is 55.6 cm³/mol. The van der Waals surface area contributed by atoms with Crippen molar-refractivity contribution in [2.45, 2.75) is 38.0 Å². The predicted octanol–water partition coefficient (Wildman–Crippen LogP) is 3.92. The van der Waals surface area contributed by atoms with Crippen molar-refractivity contribution in [1.29, 1.82) is 0 Å². The van der Waals surface area contributed by atoms with Crippen LogP contribution in [-0.4, -0.2) is 4.87 Å². The third-order valence-electron chi connectivity index (χ3n) is 2.08. The molecule has 0 saturated heterocycles. The van der Waals surface area contributed by atoms with Gasteiger partial charge in [-0.25, -0.2) is 0 Å². The molecule has 0 spiro atoms. The summed E-state index contributed by atoms with van der Waals surface area (Å²) in [6, 6.07) is 0. The molecule has 0 amide bonds. The Balaban J connectivity index is 2.43. The van der Waals surface area contributed by atoms with Crippen molar-refractivity contribution in [2.75, 3.05) is 0 Å². The zero-order valence-electron chi connectivity index (χ0n) is 7.89. The van der Waals surface area contributed by atoms with Gasteiger partial charge >= 0.3 is 0 Å². The molecular formula is C11H17Cl. The molecule has 0 aromatic carbocycles. The Bertz CT molecular complexity index is 184. The normalized spacial score (nSPS) is 24.1. The lowest BCUT2D eigenvalue weighted by atomic mass is 9.93. The van der Waals surface area contributed by atoms with E-state index in [2.05, 4.69) is 38.2 Å². The lowest BCUT2D eigenvalue weighted by Crippen LogP contribution is -2.15. The van der Waals surface area contributed by atoms with Crippen LogP contribution in [0.25, 0.3) is 0 Å². The second kappa shape index (κ2) is 4.13. The van der Waals surface area contributed by atoms with E-state index in [-0.39, 0.29) is 4.87 Å². The van der Waals surface area contributed by atoms with E-state index in [1.807, 2.05) is 0 Å². The maximum absolute atomic E-state index is 6.17. The fourth-order valence-electron chi connectivity index (χ4n) is 1.60. The van der Waals surface area contributed by atoms with Crippen molar-refractivity contribution in [3.63, 3.8) is 0 Å². The first kappa shape index (κ1) is 9.85. The van der Waals surface area contributed by atoms with Crippen LogP contribution in [-0.2, 0) is 0 Å². The summed E-state index contributed by atoms with van der Waals surface area (Å²) in [6.45, 7) is 4.17. The highest BCUT2D eigenvalue weighted by Crippen LogP contribution is 2.27. The van der Waals surface area contributed by atoms with Gasteiger partial charge < -0.3 is 0 Å². The molecule has 0 bridgehead atoms. The summed E-state index contributed by atoms with van der Waals surface area (Å²) < 4.78 is 0. The number of hydrogen-bond acceptors (Lipinski definition) is 0. The fourth-order valence-corrected chi connectivity index (χ4v) is 1.79. The first-order chi connectivity index (χ1) is 5.58. The molecule has 0 N–H and O–H groups in total. The van der Waals surface area contributed by atoms with Gasteiger partial charge in [0, 0.05) is 4.87 Å². The molecule has 0 fully saturated rings. The van der Waals surface area contributed by atoms with Crippen LogP contribution >= 0.6 is 11.6 Å². The highest BCUT2D eigenvalue weighted by atomic mass is 35.5. The summed E-state index contributed by atoms with van der Waals surface area (Å²) in [4.78, 5) is -0.0562. The lowest BCUT2D eigenvalue weighted by molar-refractivity contribution is 0.479. The number of allylic oxidation sites excluding steroid dienone is 4. The Morgan fingerprint density at radius 2 is 2.17 bits per heavy atom. The highest BCUT2D eigenvalue weighted by Gasteiger charge is 2.18. The molecule has 0 radical (unpaired) electrons. The zero-order valence-corrected chi connectivity index (χ0v) is 8.64. The van der Waals surface area contributed by atoms with Crippen molar-refractivity contribution in [1.82, 2.24) is 0 Å². The summed E-state index contributed by atoms with van der Waals surface area (Å²) in [5, 5.41) is 0. The monoisotopic (exact) mass is 184 g/mol. The van der Waals surface area contributed by atoms with Crippen LogP contribution in [0.15, 0.2) is 24.3 Å². The van der Waals surface area contributed by atoms with Gasteiger partial charge in [-0.3, -0.25) is 0 Å². The Hall–Kier alpha value is -0.230. The smallest absolute Gasteiger partial charge is 0.0396 e. The van der Waals surface area contributed by atoms with E-state index in [1.165, 1.54) is 12.8 Å². The average Bonchev–Trinajstić information content (AvgIpc) is 2.12. The molecule has 1 unspecified atom stereocenters. The summed E-state index contributed by atoms with van der Waals surface area (Å²) in [6.07, 6.45) is 12.3. The molecule has 0 nitrogen and oxygen atoms in total. The maximum Gasteiger partial charge on any atom is 0.0396 e. The third kappa shape index (κ3) is 3.96. The molecule has 0 heterocycles. The molecule has 1 atom stereocenters. The van der Waals surface area contributed by atoms with Gasteiger partial charge in [0.15, 0.2) is 0 Å². The van der Waals surface area contributed by atoms with Gasteiger partial charge in [0.1, 0.15) is 0 Å². The highest BCUT2D eigenvalue weighted by molar-refractivity contribution is 6.23. The Morgan fingerprint density at radius 1 is 1.42 bits per heavy atom. The molecule has 12 heavy (non-hydrogen) atoms. The van der Waals surface area contributed by atoms with Crippen LogP contribution in [0.3, 0.4) is 0 Å². The van der Waals surface area contributed by atoms with E-state index in [0.29, 0.717) is 5.92 Å². The van der Waals surface area contributed by atoms with Crippen LogP contribution in [0.1, 0.15) is 33.1 Å². The average molecular weight is 185 g/mol. The molecule has 68 valence electrons. The van der Waals surface area contributed by atoms with Gasteiger partial charge in [0.25, 0.3) is 0 Å². The molecule has 1 heteroatoms. The molecule has 0 aromatic heterocycles. The summed E-state index contributed by atoms with van der Waals surface area (Å²) >= 11 is 6.17. The quantitative estimate of drug-likeness (QED) is 0.571. The van der Waals surface area contributed by atoms with Crippen LogP contribution in [0, 0.1) is 5.92 Å². The number of alkyl halides is 1. The van der Waals surface area contributed by atoms with E-state index in [9.17, 15) is 0 Å². The summed E-state index contributed by atoms with van der Waals surface area (Å²) in [7, 11) is 0. The van der Waals surface area contributed by atoms with Crippen LogP contribution in [0.4, 0.5) is 0 Å². The van der Waals surface area contributed by atoms with Crippen molar-refractivity contribution >= 4 is 11.6 Å². The van der Waals surface area contributed by atoms with E-state index in [0.717, 1.165) is 6.42 Å². The van der Waals surface area contributed by atoms with E-state index >= 15 is 0 Å². The second-order valence-electron chi connectivity index (χ2n) is 4.07. The largest absolute Gasteiger partial charge is 0.120 e. The first-order valence-corrected chi connectivity index (χ1v) is 4.98.